The number of aryl methyl sites for hydroxylation is 1. The van der Waals surface area contributed by atoms with E-state index >= 15 is 0 Å². The number of aromatic nitrogens is 2. The van der Waals surface area contributed by atoms with E-state index in [1.54, 1.807) is 16.8 Å². The van der Waals surface area contributed by atoms with E-state index in [1.807, 2.05) is 26.2 Å². The third-order valence-electron chi connectivity index (χ3n) is 3.03. The molecule has 0 radical (unpaired) electrons. The first-order valence-electron chi connectivity index (χ1n) is 6.15. The van der Waals surface area contributed by atoms with Crippen LogP contribution in [0, 0.1) is 5.82 Å². The lowest BCUT2D eigenvalue weighted by molar-refractivity contribution is 0.385. The fourth-order valence-corrected chi connectivity index (χ4v) is 1.88. The van der Waals surface area contributed by atoms with Crippen LogP contribution in [0.1, 0.15) is 24.2 Å². The molecule has 2 rings (SSSR count). The molecular weight excluding hydrogens is 245 g/mol. The molecule has 1 atom stereocenters. The molecule has 19 heavy (non-hydrogen) atoms. The van der Waals surface area contributed by atoms with Crippen LogP contribution in [-0.2, 0) is 13.6 Å². The predicted octanol–water partition coefficient (Wildman–Crippen LogP) is 2.42. The van der Waals surface area contributed by atoms with Crippen LogP contribution in [-0.4, -0.2) is 16.9 Å². The number of hydrogen-bond donors (Lipinski definition) is 1. The lowest BCUT2D eigenvalue weighted by Crippen LogP contribution is -2.18. The second kappa shape index (κ2) is 5.84. The van der Waals surface area contributed by atoms with Crippen LogP contribution in [0.25, 0.3) is 0 Å². The summed E-state index contributed by atoms with van der Waals surface area (Å²) in [5.74, 6) is -0.0767. The van der Waals surface area contributed by atoms with E-state index in [4.69, 9.17) is 4.74 Å². The first-order chi connectivity index (χ1) is 9.10. The summed E-state index contributed by atoms with van der Waals surface area (Å²) in [7, 11) is 3.35. The molecule has 0 aliphatic carbocycles. The minimum atomic E-state index is -0.344. The SMILES string of the molecule is COc1cc(C(C)NCc2ccn(C)n2)ccc1F. The van der Waals surface area contributed by atoms with Gasteiger partial charge in [0.05, 0.1) is 12.8 Å². The number of halogens is 1. The van der Waals surface area contributed by atoms with Crippen LogP contribution in [0.3, 0.4) is 0 Å². The van der Waals surface area contributed by atoms with Crippen LogP contribution < -0.4 is 10.1 Å². The number of methoxy groups -OCH3 is 1. The van der Waals surface area contributed by atoms with Crippen molar-refractivity contribution in [1.82, 2.24) is 15.1 Å². The van der Waals surface area contributed by atoms with Crippen molar-refractivity contribution in [3.05, 3.63) is 47.5 Å². The van der Waals surface area contributed by atoms with Crippen molar-refractivity contribution >= 4 is 0 Å². The van der Waals surface area contributed by atoms with Crippen molar-refractivity contribution < 1.29 is 9.13 Å². The highest BCUT2D eigenvalue weighted by Gasteiger charge is 2.09. The Morgan fingerprint density at radius 1 is 1.42 bits per heavy atom. The normalized spacial score (nSPS) is 12.4. The van der Waals surface area contributed by atoms with Crippen molar-refractivity contribution in [2.75, 3.05) is 7.11 Å². The molecule has 0 spiro atoms. The fourth-order valence-electron chi connectivity index (χ4n) is 1.88. The Balaban J connectivity index is 2.01. The lowest BCUT2D eigenvalue weighted by Gasteiger charge is -2.14. The summed E-state index contributed by atoms with van der Waals surface area (Å²) in [4.78, 5) is 0. The summed E-state index contributed by atoms with van der Waals surface area (Å²) in [6.07, 6.45) is 1.91. The van der Waals surface area contributed by atoms with Gasteiger partial charge in [0.15, 0.2) is 11.6 Å². The quantitative estimate of drug-likeness (QED) is 0.900. The summed E-state index contributed by atoms with van der Waals surface area (Å²) in [5.41, 5.74) is 1.96. The van der Waals surface area contributed by atoms with Gasteiger partial charge in [-0.3, -0.25) is 4.68 Å². The summed E-state index contributed by atoms with van der Waals surface area (Å²) in [6.45, 7) is 2.69. The van der Waals surface area contributed by atoms with Gasteiger partial charge in [-0.05, 0) is 30.7 Å². The van der Waals surface area contributed by atoms with E-state index in [1.165, 1.54) is 13.2 Å². The zero-order valence-electron chi connectivity index (χ0n) is 11.4. The van der Waals surface area contributed by atoms with Gasteiger partial charge in [0, 0.05) is 25.8 Å². The Bertz CT molecular complexity index is 553. The summed E-state index contributed by atoms with van der Waals surface area (Å²) in [5, 5.41) is 7.64. The molecule has 5 heteroatoms. The van der Waals surface area contributed by atoms with E-state index in [0.29, 0.717) is 6.54 Å². The zero-order chi connectivity index (χ0) is 13.8. The Hall–Kier alpha value is -1.88. The van der Waals surface area contributed by atoms with Crippen molar-refractivity contribution in [1.29, 1.82) is 0 Å². The maximum Gasteiger partial charge on any atom is 0.165 e. The molecule has 0 aliphatic rings. The molecule has 0 aliphatic heterocycles. The number of nitrogens with one attached hydrogen (secondary N) is 1. The first kappa shape index (κ1) is 13.5. The average molecular weight is 263 g/mol. The van der Waals surface area contributed by atoms with Gasteiger partial charge >= 0.3 is 0 Å². The van der Waals surface area contributed by atoms with E-state index in [0.717, 1.165) is 11.3 Å². The highest BCUT2D eigenvalue weighted by molar-refractivity contribution is 5.31. The molecule has 1 aromatic carbocycles. The van der Waals surface area contributed by atoms with E-state index in [2.05, 4.69) is 10.4 Å². The van der Waals surface area contributed by atoms with Crippen LogP contribution in [0.15, 0.2) is 30.5 Å². The number of nitrogens with zero attached hydrogens (tertiary/aromatic N) is 2. The van der Waals surface area contributed by atoms with Crippen molar-refractivity contribution in [2.45, 2.75) is 19.5 Å². The topological polar surface area (TPSA) is 39.1 Å². The van der Waals surface area contributed by atoms with E-state index in [9.17, 15) is 4.39 Å². The standard InChI is InChI=1S/C14H18FN3O/c1-10(16-9-12-6-7-18(2)17-12)11-4-5-13(15)14(8-11)19-3/h4-8,10,16H,9H2,1-3H3. The molecule has 0 saturated carbocycles. The van der Waals surface area contributed by atoms with Gasteiger partial charge in [0.2, 0.25) is 0 Å². The second-order valence-corrected chi connectivity index (χ2v) is 4.48. The van der Waals surface area contributed by atoms with Gasteiger partial charge in [0.25, 0.3) is 0 Å². The lowest BCUT2D eigenvalue weighted by atomic mass is 10.1. The van der Waals surface area contributed by atoms with E-state index < -0.39 is 0 Å². The van der Waals surface area contributed by atoms with Gasteiger partial charge in [-0.2, -0.15) is 5.10 Å². The van der Waals surface area contributed by atoms with Crippen LogP contribution >= 0.6 is 0 Å². The molecule has 1 aromatic heterocycles. The Kier molecular flexibility index (Phi) is 4.16. The Morgan fingerprint density at radius 2 is 2.21 bits per heavy atom. The minimum absolute atomic E-state index is 0.0940. The van der Waals surface area contributed by atoms with Crippen molar-refractivity contribution in [3.8, 4) is 5.75 Å². The summed E-state index contributed by atoms with van der Waals surface area (Å²) in [6, 6.07) is 6.95. The van der Waals surface area contributed by atoms with Gasteiger partial charge in [-0.1, -0.05) is 6.07 Å². The van der Waals surface area contributed by atoms with Gasteiger partial charge in [-0.25, -0.2) is 4.39 Å². The number of benzene rings is 1. The fraction of sp³-hybridized carbons (Fsp3) is 0.357. The molecule has 0 saturated heterocycles. The molecule has 1 heterocycles. The molecule has 2 aromatic rings. The first-order valence-corrected chi connectivity index (χ1v) is 6.15. The molecule has 102 valence electrons. The van der Waals surface area contributed by atoms with Gasteiger partial charge < -0.3 is 10.1 Å². The van der Waals surface area contributed by atoms with Crippen molar-refractivity contribution in [2.24, 2.45) is 7.05 Å². The largest absolute Gasteiger partial charge is 0.494 e. The van der Waals surface area contributed by atoms with E-state index in [-0.39, 0.29) is 17.6 Å². The van der Waals surface area contributed by atoms with Crippen LogP contribution in [0.5, 0.6) is 5.75 Å². The van der Waals surface area contributed by atoms with Gasteiger partial charge in [0.1, 0.15) is 0 Å². The Morgan fingerprint density at radius 3 is 2.84 bits per heavy atom. The third kappa shape index (κ3) is 3.32. The van der Waals surface area contributed by atoms with Crippen molar-refractivity contribution in [3.63, 3.8) is 0 Å². The molecule has 0 amide bonds. The molecule has 0 bridgehead atoms. The summed E-state index contributed by atoms with van der Waals surface area (Å²) >= 11 is 0. The third-order valence-corrected chi connectivity index (χ3v) is 3.03. The number of hydrogen-bond acceptors (Lipinski definition) is 3. The second-order valence-electron chi connectivity index (χ2n) is 4.48. The van der Waals surface area contributed by atoms with Crippen LogP contribution in [0.2, 0.25) is 0 Å². The maximum atomic E-state index is 13.3. The minimum Gasteiger partial charge on any atom is -0.494 e. The highest BCUT2D eigenvalue weighted by Crippen LogP contribution is 2.22. The van der Waals surface area contributed by atoms with Gasteiger partial charge in [-0.15, -0.1) is 0 Å². The molecule has 0 fully saturated rings. The zero-order valence-corrected chi connectivity index (χ0v) is 11.4. The monoisotopic (exact) mass is 263 g/mol. The average Bonchev–Trinajstić information content (AvgIpc) is 2.82. The predicted molar refractivity (Wildman–Crippen MR) is 71.4 cm³/mol. The highest BCUT2D eigenvalue weighted by atomic mass is 19.1. The molecular formula is C14H18FN3O. The number of ether oxygens (including phenoxy) is 1. The Labute approximate surface area is 112 Å². The molecule has 1 N–H and O–H groups in total. The smallest absolute Gasteiger partial charge is 0.165 e. The molecule has 4 nitrogen and oxygen atoms in total. The number of rotatable bonds is 5. The molecule has 1 unspecified atom stereocenters. The maximum absolute atomic E-state index is 13.3. The van der Waals surface area contributed by atoms with Crippen LogP contribution in [0.4, 0.5) is 4.39 Å². The summed E-state index contributed by atoms with van der Waals surface area (Å²) < 4.78 is 20.1.